The third-order valence-corrected chi connectivity index (χ3v) is 7.48. The number of nitrogens with two attached hydrogens (primary N) is 2. The minimum Gasteiger partial charge on any atom is -0.462 e. The summed E-state index contributed by atoms with van der Waals surface area (Å²) in [5.74, 6) is -0.00669. The Balaban J connectivity index is 1.34. The second-order valence-electron chi connectivity index (χ2n) is 10.0. The van der Waals surface area contributed by atoms with Crippen molar-refractivity contribution in [2.75, 3.05) is 36.9 Å². The van der Waals surface area contributed by atoms with Crippen molar-refractivity contribution in [1.82, 2.24) is 19.9 Å². The zero-order chi connectivity index (χ0) is 25.4. The number of nitrogens with zero attached hydrogens (tertiary/aromatic N) is 6. The van der Waals surface area contributed by atoms with Gasteiger partial charge in [0.2, 0.25) is 0 Å². The highest BCUT2D eigenvalue weighted by Crippen LogP contribution is 2.45. The van der Waals surface area contributed by atoms with E-state index < -0.39 is 11.3 Å². The van der Waals surface area contributed by atoms with Crippen molar-refractivity contribution < 1.29 is 14.3 Å². The number of ether oxygens (including phenoxy) is 1. The molecule has 2 aliphatic heterocycles. The summed E-state index contributed by atoms with van der Waals surface area (Å²) in [7, 11) is 0. The highest BCUT2D eigenvalue weighted by molar-refractivity contribution is 5.96. The Morgan fingerprint density at radius 1 is 1.17 bits per heavy atom. The maximum absolute atomic E-state index is 13.1. The monoisotopic (exact) mass is 490 g/mol. The molecule has 188 valence electrons. The van der Waals surface area contributed by atoms with Crippen LogP contribution in [0.2, 0.25) is 0 Å². The lowest BCUT2D eigenvalue weighted by Gasteiger charge is -2.38. The van der Waals surface area contributed by atoms with E-state index in [1.165, 1.54) is 0 Å². The number of rotatable bonds is 7. The lowest BCUT2D eigenvalue weighted by molar-refractivity contribution is 0.0494. The van der Waals surface area contributed by atoms with Gasteiger partial charge in [-0.3, -0.25) is 9.59 Å². The Bertz CT molecular complexity index is 1230. The van der Waals surface area contributed by atoms with Crippen LogP contribution in [0.1, 0.15) is 71.6 Å². The van der Waals surface area contributed by atoms with E-state index in [1.54, 1.807) is 17.0 Å². The van der Waals surface area contributed by atoms with Crippen LogP contribution in [0, 0.1) is 16.7 Å². The number of hydrogen-bond donors (Lipinski definition) is 2. The number of carbonyl (C=O) groups excluding carboxylic acids is 2. The van der Waals surface area contributed by atoms with E-state index in [-0.39, 0.29) is 41.9 Å². The fourth-order valence-corrected chi connectivity index (χ4v) is 4.67. The van der Waals surface area contributed by atoms with Gasteiger partial charge in [0.1, 0.15) is 18.1 Å². The number of amides is 2. The average molecular weight is 491 g/mol. The molecule has 0 bridgehead atoms. The van der Waals surface area contributed by atoms with E-state index in [2.05, 4.69) is 25.9 Å². The van der Waals surface area contributed by atoms with Crippen LogP contribution in [0.3, 0.4) is 0 Å². The van der Waals surface area contributed by atoms with Gasteiger partial charge in [-0.25, -0.2) is 4.98 Å². The molecule has 0 aromatic carbocycles. The molecule has 2 aromatic heterocycles. The molecule has 0 spiro atoms. The predicted octanol–water partition coefficient (Wildman–Crippen LogP) is 1.85. The molecule has 3 fully saturated rings. The average Bonchev–Trinajstić information content (AvgIpc) is 3.67. The smallest absolute Gasteiger partial charge is 0.319 e. The van der Waals surface area contributed by atoms with Crippen LogP contribution < -0.4 is 21.1 Å². The molecule has 1 saturated carbocycles. The zero-order valence-corrected chi connectivity index (χ0v) is 20.3. The molecule has 0 radical (unpaired) electrons. The number of nitriles is 1. The van der Waals surface area contributed by atoms with Crippen LogP contribution in [0.5, 0.6) is 6.01 Å². The number of nitrogen functional groups attached to an aromatic ring is 1. The van der Waals surface area contributed by atoms with Crippen LogP contribution in [-0.4, -0.2) is 63.9 Å². The van der Waals surface area contributed by atoms with Crippen LogP contribution in [-0.2, 0) is 0 Å². The molecule has 2 aromatic rings. The third-order valence-electron chi connectivity index (χ3n) is 7.48. The Hall–Kier alpha value is -3.94. The largest absolute Gasteiger partial charge is 0.462 e. The fourth-order valence-electron chi connectivity index (χ4n) is 4.67. The molecule has 1 aliphatic carbocycles. The van der Waals surface area contributed by atoms with Gasteiger partial charge in [-0.15, -0.1) is 0 Å². The summed E-state index contributed by atoms with van der Waals surface area (Å²) in [5.41, 5.74) is 12.2. The molecule has 1 atom stereocenters. The molecule has 3 aliphatic rings. The van der Waals surface area contributed by atoms with E-state index in [0.29, 0.717) is 31.1 Å². The second-order valence-corrected chi connectivity index (χ2v) is 10.0. The van der Waals surface area contributed by atoms with E-state index in [4.69, 9.17) is 16.2 Å². The number of hydrogen-bond acceptors (Lipinski definition) is 9. The molecule has 11 nitrogen and oxygen atoms in total. The Kier molecular flexibility index (Phi) is 6.12. The minimum absolute atomic E-state index is 0.0988. The molecule has 4 N–H and O–H groups in total. The Labute approximate surface area is 209 Å². The summed E-state index contributed by atoms with van der Waals surface area (Å²) < 4.78 is 5.83. The van der Waals surface area contributed by atoms with Crippen LogP contribution in [0.4, 0.5) is 11.5 Å². The first kappa shape index (κ1) is 23.8. The van der Waals surface area contributed by atoms with Gasteiger partial charge in [-0.05, 0) is 51.2 Å². The van der Waals surface area contributed by atoms with Gasteiger partial charge in [0.25, 0.3) is 11.8 Å². The summed E-state index contributed by atoms with van der Waals surface area (Å²) in [4.78, 5) is 42.0. The van der Waals surface area contributed by atoms with Gasteiger partial charge in [0, 0.05) is 43.4 Å². The first-order valence-corrected chi connectivity index (χ1v) is 12.3. The molecule has 11 heteroatoms. The molecule has 5 rings (SSSR count). The van der Waals surface area contributed by atoms with Gasteiger partial charge in [-0.1, -0.05) is 0 Å². The fraction of sp³-hybridized carbons (Fsp3) is 0.520. The molecule has 4 heterocycles. The Morgan fingerprint density at radius 3 is 2.50 bits per heavy atom. The van der Waals surface area contributed by atoms with E-state index in [0.717, 1.165) is 37.8 Å². The molecule has 2 saturated heterocycles. The zero-order valence-electron chi connectivity index (χ0n) is 20.3. The predicted molar refractivity (Wildman–Crippen MR) is 131 cm³/mol. The molecule has 2 amide bonds. The van der Waals surface area contributed by atoms with Crippen molar-refractivity contribution in [1.29, 1.82) is 5.26 Å². The number of aromatic nitrogens is 3. The lowest BCUT2D eigenvalue weighted by Crippen LogP contribution is -2.49. The lowest BCUT2D eigenvalue weighted by atomic mass is 9.92. The standard InChI is InChI=1S/C25H30N8O3/c1-15-4-11-33(15)23(35)19-12-20(31-24(30-19)36-14-25(13-26)7-8-25)32-9-5-16(6-10-32)18-3-2-17(27)21(29-18)22(28)34/h2-3,12,15-16H,4-11,14,27H2,1H3,(H2,28,34). The summed E-state index contributed by atoms with van der Waals surface area (Å²) in [6.45, 7) is 4.29. The number of anilines is 2. The molecule has 36 heavy (non-hydrogen) atoms. The van der Waals surface area contributed by atoms with E-state index in [9.17, 15) is 14.9 Å². The maximum atomic E-state index is 13.1. The van der Waals surface area contributed by atoms with E-state index in [1.807, 2.05) is 13.0 Å². The van der Waals surface area contributed by atoms with Crippen LogP contribution in [0.25, 0.3) is 0 Å². The highest BCUT2D eigenvalue weighted by atomic mass is 16.5. The SMILES string of the molecule is CC1CCN1C(=O)c1cc(N2CCC(c3ccc(N)c(C(N)=O)n3)CC2)nc(OCC2(C#N)CC2)n1. The summed E-state index contributed by atoms with van der Waals surface area (Å²) >= 11 is 0. The van der Waals surface area contributed by atoms with Crippen molar-refractivity contribution >= 4 is 23.3 Å². The second kappa shape index (κ2) is 9.26. The number of likely N-dealkylation sites (tertiary alicyclic amines) is 1. The summed E-state index contributed by atoms with van der Waals surface area (Å²) in [5, 5.41) is 9.38. The molecular weight excluding hydrogens is 460 g/mol. The van der Waals surface area contributed by atoms with Crippen LogP contribution >= 0.6 is 0 Å². The quantitative estimate of drug-likeness (QED) is 0.589. The first-order valence-electron chi connectivity index (χ1n) is 12.3. The van der Waals surface area contributed by atoms with E-state index >= 15 is 0 Å². The van der Waals surface area contributed by atoms with Crippen LogP contribution in [0.15, 0.2) is 18.2 Å². The topological polar surface area (TPSA) is 164 Å². The van der Waals surface area contributed by atoms with Gasteiger partial charge in [0.15, 0.2) is 5.69 Å². The molecule has 1 unspecified atom stereocenters. The Morgan fingerprint density at radius 2 is 1.92 bits per heavy atom. The van der Waals surface area contributed by atoms with Crippen molar-refractivity contribution in [2.24, 2.45) is 11.1 Å². The van der Waals surface area contributed by atoms with Gasteiger partial charge < -0.3 is 26.0 Å². The number of primary amides is 1. The van der Waals surface area contributed by atoms with Gasteiger partial charge >= 0.3 is 6.01 Å². The molecular formula is C25H30N8O3. The minimum atomic E-state index is -0.640. The van der Waals surface area contributed by atoms with Crippen molar-refractivity contribution in [2.45, 2.75) is 51.0 Å². The van der Waals surface area contributed by atoms with Gasteiger partial charge in [-0.2, -0.15) is 15.2 Å². The normalized spacial score (nSPS) is 20.8. The number of carbonyl (C=O) groups is 2. The maximum Gasteiger partial charge on any atom is 0.319 e. The van der Waals surface area contributed by atoms with Crippen molar-refractivity contribution in [3.05, 3.63) is 35.3 Å². The van der Waals surface area contributed by atoms with Crippen molar-refractivity contribution in [3.63, 3.8) is 0 Å². The van der Waals surface area contributed by atoms with Gasteiger partial charge in [0.05, 0.1) is 17.2 Å². The highest BCUT2D eigenvalue weighted by Gasteiger charge is 2.44. The van der Waals surface area contributed by atoms with Crippen molar-refractivity contribution in [3.8, 4) is 12.1 Å². The third kappa shape index (κ3) is 4.63. The number of pyridine rings is 1. The first-order chi connectivity index (χ1) is 17.3. The number of piperidine rings is 1. The summed E-state index contributed by atoms with van der Waals surface area (Å²) in [6.07, 6.45) is 4.12. The summed E-state index contributed by atoms with van der Waals surface area (Å²) in [6, 6.07) is 7.85.